The second-order valence-corrected chi connectivity index (χ2v) is 6.42. The number of nitrogens with one attached hydrogen (secondary N) is 2. The Labute approximate surface area is 163 Å². The number of aromatic nitrogens is 1. The van der Waals surface area contributed by atoms with E-state index < -0.39 is 0 Å². The van der Waals surface area contributed by atoms with E-state index in [-0.39, 0.29) is 11.0 Å². The molecule has 1 amide bonds. The maximum Gasteiger partial charge on any atom is 0.257 e. The van der Waals surface area contributed by atoms with Crippen LogP contribution in [0.3, 0.4) is 0 Å². The Morgan fingerprint density at radius 2 is 2.00 bits per heavy atom. The summed E-state index contributed by atoms with van der Waals surface area (Å²) in [5.74, 6) is 0.391. The van der Waals surface area contributed by atoms with Gasteiger partial charge in [0.25, 0.3) is 5.91 Å². The van der Waals surface area contributed by atoms with Crippen molar-refractivity contribution in [1.82, 2.24) is 10.3 Å². The van der Waals surface area contributed by atoms with Crippen molar-refractivity contribution in [3.8, 4) is 5.75 Å². The summed E-state index contributed by atoms with van der Waals surface area (Å²) in [6, 6.07) is 16.6. The molecule has 0 spiro atoms. The number of pyridine rings is 1. The Bertz CT molecular complexity index is 954. The van der Waals surface area contributed by atoms with Crippen LogP contribution in [0.1, 0.15) is 30.1 Å². The summed E-state index contributed by atoms with van der Waals surface area (Å²) in [5.41, 5.74) is 2.14. The molecule has 0 radical (unpaired) electrons. The minimum absolute atomic E-state index is 0.230. The van der Waals surface area contributed by atoms with Gasteiger partial charge in [0.15, 0.2) is 5.11 Å². The molecule has 0 aliphatic heterocycles. The van der Waals surface area contributed by atoms with E-state index in [0.29, 0.717) is 17.9 Å². The van der Waals surface area contributed by atoms with Crippen LogP contribution in [0.25, 0.3) is 10.9 Å². The number of nitrogens with zero attached hydrogens (tertiary/aromatic N) is 1. The summed E-state index contributed by atoms with van der Waals surface area (Å²) < 4.78 is 5.65. The molecule has 27 heavy (non-hydrogen) atoms. The summed E-state index contributed by atoms with van der Waals surface area (Å²) >= 11 is 5.30. The molecule has 2 aromatic carbocycles. The standard InChI is InChI=1S/C21H21N3O2S/c1-2-3-13-26-16-8-4-7-15(14-16)20(25)24-21(27)23-19-11-5-10-18-17(19)9-6-12-22-18/h4-12,14H,2-3,13H2,1H3,(H2,23,24,25,27). The Balaban J connectivity index is 1.65. The molecular weight excluding hydrogens is 358 g/mol. The summed E-state index contributed by atoms with van der Waals surface area (Å²) in [5, 5.41) is 6.94. The lowest BCUT2D eigenvalue weighted by Crippen LogP contribution is -2.34. The number of thiocarbonyl (C=S) groups is 1. The van der Waals surface area contributed by atoms with Crippen molar-refractivity contribution in [2.24, 2.45) is 0 Å². The Morgan fingerprint density at radius 3 is 2.85 bits per heavy atom. The van der Waals surface area contributed by atoms with Crippen molar-refractivity contribution >= 4 is 39.8 Å². The molecule has 0 fully saturated rings. The van der Waals surface area contributed by atoms with Gasteiger partial charge in [-0.05, 0) is 61.1 Å². The highest BCUT2D eigenvalue weighted by Gasteiger charge is 2.10. The van der Waals surface area contributed by atoms with E-state index in [1.54, 1.807) is 24.4 Å². The molecule has 0 atom stereocenters. The average molecular weight is 379 g/mol. The molecule has 0 saturated carbocycles. The van der Waals surface area contributed by atoms with E-state index in [1.807, 2.05) is 36.4 Å². The predicted molar refractivity (Wildman–Crippen MR) is 112 cm³/mol. The molecule has 2 N–H and O–H groups in total. The zero-order chi connectivity index (χ0) is 19.1. The number of carbonyl (C=O) groups is 1. The Kier molecular flexibility index (Phi) is 6.33. The van der Waals surface area contributed by atoms with Gasteiger partial charge in [0, 0.05) is 22.8 Å². The summed E-state index contributed by atoms with van der Waals surface area (Å²) in [4.78, 5) is 16.8. The summed E-state index contributed by atoms with van der Waals surface area (Å²) in [7, 11) is 0. The quantitative estimate of drug-likeness (QED) is 0.486. The normalized spacial score (nSPS) is 10.4. The van der Waals surface area contributed by atoms with Gasteiger partial charge in [-0.3, -0.25) is 15.1 Å². The maximum atomic E-state index is 12.5. The largest absolute Gasteiger partial charge is 0.494 e. The fourth-order valence-corrected chi connectivity index (χ4v) is 2.81. The molecule has 0 aliphatic rings. The molecule has 6 heteroatoms. The van der Waals surface area contributed by atoms with Crippen molar-refractivity contribution in [3.05, 3.63) is 66.4 Å². The third-order valence-electron chi connectivity index (χ3n) is 3.98. The molecule has 3 rings (SSSR count). The van der Waals surface area contributed by atoms with Gasteiger partial charge in [-0.2, -0.15) is 0 Å². The molecule has 0 unspecified atom stereocenters. The zero-order valence-corrected chi connectivity index (χ0v) is 15.9. The molecule has 0 aliphatic carbocycles. The second kappa shape index (κ2) is 9.09. The van der Waals surface area contributed by atoms with E-state index in [4.69, 9.17) is 17.0 Å². The Hall–Kier alpha value is -2.99. The molecule has 138 valence electrons. The van der Waals surface area contributed by atoms with Gasteiger partial charge < -0.3 is 10.1 Å². The number of carbonyl (C=O) groups excluding carboxylic acids is 1. The topological polar surface area (TPSA) is 63.2 Å². The van der Waals surface area contributed by atoms with Gasteiger partial charge >= 0.3 is 0 Å². The lowest BCUT2D eigenvalue weighted by Gasteiger charge is -2.12. The first-order valence-corrected chi connectivity index (χ1v) is 9.27. The number of hydrogen-bond acceptors (Lipinski definition) is 4. The molecule has 1 heterocycles. The highest BCUT2D eigenvalue weighted by molar-refractivity contribution is 7.80. The van der Waals surface area contributed by atoms with Crippen molar-refractivity contribution in [3.63, 3.8) is 0 Å². The number of fused-ring (bicyclic) bond motifs is 1. The van der Waals surface area contributed by atoms with E-state index in [1.165, 1.54) is 0 Å². The van der Waals surface area contributed by atoms with Crippen molar-refractivity contribution in [2.75, 3.05) is 11.9 Å². The van der Waals surface area contributed by atoms with Crippen LogP contribution in [0.5, 0.6) is 5.75 Å². The minimum atomic E-state index is -0.285. The number of unbranched alkanes of at least 4 members (excludes halogenated alkanes) is 1. The Morgan fingerprint density at radius 1 is 1.15 bits per heavy atom. The third-order valence-corrected chi connectivity index (χ3v) is 4.19. The van der Waals surface area contributed by atoms with Crippen LogP contribution in [0.15, 0.2) is 60.8 Å². The molecule has 0 bridgehead atoms. The lowest BCUT2D eigenvalue weighted by atomic mass is 10.2. The first-order valence-electron chi connectivity index (χ1n) is 8.86. The number of rotatable bonds is 6. The van der Waals surface area contributed by atoms with Crippen molar-refractivity contribution in [2.45, 2.75) is 19.8 Å². The fraction of sp³-hybridized carbons (Fsp3) is 0.190. The lowest BCUT2D eigenvalue weighted by molar-refractivity contribution is 0.0977. The molecule has 3 aromatic rings. The van der Waals surface area contributed by atoms with Gasteiger partial charge in [0.2, 0.25) is 0 Å². The zero-order valence-electron chi connectivity index (χ0n) is 15.1. The monoisotopic (exact) mass is 379 g/mol. The molecule has 0 saturated heterocycles. The van der Waals surface area contributed by atoms with E-state index >= 15 is 0 Å². The number of hydrogen-bond donors (Lipinski definition) is 2. The maximum absolute atomic E-state index is 12.5. The molecular formula is C21H21N3O2S. The molecule has 1 aromatic heterocycles. The third kappa shape index (κ3) is 5.01. The number of benzene rings is 2. The van der Waals surface area contributed by atoms with Crippen LogP contribution in [0, 0.1) is 0 Å². The van der Waals surface area contributed by atoms with Gasteiger partial charge in [-0.15, -0.1) is 0 Å². The van der Waals surface area contributed by atoms with Gasteiger partial charge in [0.05, 0.1) is 12.1 Å². The number of amides is 1. The van der Waals surface area contributed by atoms with E-state index in [2.05, 4.69) is 22.5 Å². The van der Waals surface area contributed by atoms with Crippen molar-refractivity contribution in [1.29, 1.82) is 0 Å². The van der Waals surface area contributed by atoms with E-state index in [9.17, 15) is 4.79 Å². The smallest absolute Gasteiger partial charge is 0.257 e. The first kappa shape index (κ1) is 18.8. The van der Waals surface area contributed by atoms with E-state index in [0.717, 1.165) is 29.4 Å². The summed E-state index contributed by atoms with van der Waals surface area (Å²) in [6.45, 7) is 2.74. The van der Waals surface area contributed by atoms with Gasteiger partial charge in [0.1, 0.15) is 5.75 Å². The fourth-order valence-electron chi connectivity index (χ4n) is 2.60. The highest BCUT2D eigenvalue weighted by Crippen LogP contribution is 2.21. The van der Waals surface area contributed by atoms with Crippen molar-refractivity contribution < 1.29 is 9.53 Å². The van der Waals surface area contributed by atoms with Crippen LogP contribution in [-0.2, 0) is 0 Å². The van der Waals surface area contributed by atoms with Gasteiger partial charge in [-0.25, -0.2) is 0 Å². The predicted octanol–water partition coefficient (Wildman–Crippen LogP) is 4.54. The van der Waals surface area contributed by atoms with Crippen LogP contribution in [-0.4, -0.2) is 22.6 Å². The summed E-state index contributed by atoms with van der Waals surface area (Å²) in [6.07, 6.45) is 3.77. The average Bonchev–Trinajstić information content (AvgIpc) is 2.69. The number of anilines is 1. The van der Waals surface area contributed by atoms with Crippen LogP contribution in [0.2, 0.25) is 0 Å². The first-order chi connectivity index (χ1) is 13.2. The number of ether oxygens (including phenoxy) is 1. The molecule has 5 nitrogen and oxygen atoms in total. The highest BCUT2D eigenvalue weighted by atomic mass is 32.1. The second-order valence-electron chi connectivity index (χ2n) is 6.01. The van der Waals surface area contributed by atoms with Gasteiger partial charge in [-0.1, -0.05) is 25.5 Å². The SMILES string of the molecule is CCCCOc1cccc(C(=O)NC(=S)Nc2cccc3ncccc23)c1. The van der Waals surface area contributed by atoms with Crippen LogP contribution in [0.4, 0.5) is 5.69 Å². The van der Waals surface area contributed by atoms with Crippen LogP contribution < -0.4 is 15.4 Å². The van der Waals surface area contributed by atoms with Crippen LogP contribution >= 0.6 is 12.2 Å². The minimum Gasteiger partial charge on any atom is -0.494 e.